The van der Waals surface area contributed by atoms with Gasteiger partial charge in [0.25, 0.3) is 5.91 Å². The van der Waals surface area contributed by atoms with Crippen molar-refractivity contribution >= 4 is 35.3 Å². The van der Waals surface area contributed by atoms with Crippen molar-refractivity contribution in [2.45, 2.75) is 62.5 Å². The molecule has 3 heterocycles. The maximum atomic E-state index is 13.7. The van der Waals surface area contributed by atoms with E-state index in [0.717, 1.165) is 55.6 Å². The van der Waals surface area contributed by atoms with Gasteiger partial charge in [-0.2, -0.15) is 0 Å². The zero-order valence-electron chi connectivity index (χ0n) is 23.9. The summed E-state index contributed by atoms with van der Waals surface area (Å²) in [6.07, 6.45) is 4.42. The lowest BCUT2D eigenvalue weighted by Crippen LogP contribution is -2.62. The van der Waals surface area contributed by atoms with Crippen LogP contribution in [0.1, 0.15) is 37.7 Å². The summed E-state index contributed by atoms with van der Waals surface area (Å²) in [5, 5.41) is 15.8. The summed E-state index contributed by atoms with van der Waals surface area (Å²) in [5.41, 5.74) is 2.48. The zero-order valence-corrected chi connectivity index (χ0v) is 24.8. The number of anilines is 1. The number of piperidine rings is 1. The third-order valence-corrected chi connectivity index (χ3v) is 9.88. The number of hydrogen-bond donors (Lipinski definition) is 5. The van der Waals surface area contributed by atoms with Crippen LogP contribution in [0.4, 0.5) is 10.5 Å². The summed E-state index contributed by atoms with van der Waals surface area (Å²) in [4.78, 5) is 42.1. The first kappa shape index (κ1) is 28.6. The summed E-state index contributed by atoms with van der Waals surface area (Å²) >= 11 is 1.50. The van der Waals surface area contributed by atoms with E-state index in [0.29, 0.717) is 16.4 Å². The van der Waals surface area contributed by atoms with Crippen molar-refractivity contribution in [3.05, 3.63) is 64.7 Å². The third kappa shape index (κ3) is 5.73. The Balaban J connectivity index is 1.21. The Labute approximate surface area is 250 Å². The largest absolute Gasteiger partial charge is 0.457 e. The van der Waals surface area contributed by atoms with Crippen LogP contribution in [-0.4, -0.2) is 61.5 Å². The van der Waals surface area contributed by atoms with E-state index in [9.17, 15) is 14.4 Å². The van der Waals surface area contributed by atoms with Crippen molar-refractivity contribution in [1.29, 1.82) is 0 Å². The molecule has 10 nitrogen and oxygen atoms in total. The van der Waals surface area contributed by atoms with Crippen molar-refractivity contribution in [3.8, 4) is 11.5 Å². The van der Waals surface area contributed by atoms with E-state index in [2.05, 4.69) is 26.6 Å². The molecule has 5 N–H and O–H groups in total. The lowest BCUT2D eigenvalue weighted by atomic mass is 9.86. The second kappa shape index (κ2) is 12.4. The van der Waals surface area contributed by atoms with Crippen LogP contribution in [0.3, 0.4) is 0 Å². The Morgan fingerprint density at radius 3 is 2.52 bits per heavy atom. The molecule has 0 radical (unpaired) electrons. The molecule has 0 spiro atoms. The number of urea groups is 1. The monoisotopic (exact) mass is 590 g/mol. The first-order valence-electron chi connectivity index (χ1n) is 14.8. The predicted octanol–water partition coefficient (Wildman–Crippen LogP) is 3.34. The van der Waals surface area contributed by atoms with Crippen molar-refractivity contribution in [1.82, 2.24) is 26.6 Å². The highest BCUT2D eigenvalue weighted by molar-refractivity contribution is 8.04. The third-order valence-electron chi connectivity index (χ3n) is 8.52. The predicted molar refractivity (Wildman–Crippen MR) is 163 cm³/mol. The second-order valence-corrected chi connectivity index (χ2v) is 12.5. The average molecular weight is 591 g/mol. The highest BCUT2D eigenvalue weighted by Gasteiger charge is 2.52. The first-order valence-corrected chi connectivity index (χ1v) is 15.6. The number of hydrogen-bond acceptors (Lipinski definition) is 7. The van der Waals surface area contributed by atoms with Crippen molar-refractivity contribution in [2.24, 2.45) is 5.92 Å². The number of amides is 4. The van der Waals surface area contributed by atoms with Gasteiger partial charge < -0.3 is 31.3 Å². The van der Waals surface area contributed by atoms with Gasteiger partial charge in [0, 0.05) is 29.4 Å². The van der Waals surface area contributed by atoms with E-state index in [4.69, 9.17) is 4.74 Å². The van der Waals surface area contributed by atoms with Crippen LogP contribution in [0.25, 0.3) is 0 Å². The van der Waals surface area contributed by atoms with Gasteiger partial charge in [-0.3, -0.25) is 14.5 Å². The van der Waals surface area contributed by atoms with Gasteiger partial charge in [0.15, 0.2) is 0 Å². The molecule has 2 saturated heterocycles. The summed E-state index contributed by atoms with van der Waals surface area (Å²) in [7, 11) is 1.74. The van der Waals surface area contributed by atoms with E-state index in [1.54, 1.807) is 7.05 Å². The summed E-state index contributed by atoms with van der Waals surface area (Å²) in [5.74, 6) is 1.16. The maximum Gasteiger partial charge on any atom is 0.326 e. The molecule has 4 aliphatic rings. The lowest BCUT2D eigenvalue weighted by molar-refractivity contribution is -0.122. The fourth-order valence-corrected chi connectivity index (χ4v) is 8.02. The molecule has 3 fully saturated rings. The highest BCUT2D eigenvalue weighted by atomic mass is 32.2. The van der Waals surface area contributed by atoms with Crippen LogP contribution in [-0.2, 0) is 9.59 Å². The lowest BCUT2D eigenvalue weighted by Gasteiger charge is -2.46. The number of rotatable bonds is 8. The van der Waals surface area contributed by atoms with Crippen LogP contribution in [0.2, 0.25) is 0 Å². The molecule has 1 saturated carbocycles. The van der Waals surface area contributed by atoms with Crippen LogP contribution in [0.5, 0.6) is 11.5 Å². The minimum atomic E-state index is -0.227. The van der Waals surface area contributed by atoms with E-state index in [1.807, 2.05) is 60.4 Å². The molecule has 2 aromatic carbocycles. The SMILES string of the molecule is CNCC(=O)N[C@H]1CCCC[C@H]1NC(=O)C1=C2NC(=O)N(c3ccc(Oc4ccccc4)cc3C)C3CCNC(S1)C23. The summed E-state index contributed by atoms with van der Waals surface area (Å²) < 4.78 is 6.01. The first-order chi connectivity index (χ1) is 20.4. The average Bonchev–Trinajstić information content (AvgIpc) is 3.35. The van der Waals surface area contributed by atoms with Crippen LogP contribution in [0, 0.1) is 12.8 Å². The Kier molecular flexibility index (Phi) is 8.41. The fourth-order valence-electron chi connectivity index (χ4n) is 6.62. The fraction of sp³-hybridized carbons (Fsp3) is 0.452. The second-order valence-electron chi connectivity index (χ2n) is 11.3. The van der Waals surface area contributed by atoms with Gasteiger partial charge in [0.1, 0.15) is 11.5 Å². The number of aryl methyl sites for hydroxylation is 1. The highest BCUT2D eigenvalue weighted by Crippen LogP contribution is 2.48. The number of para-hydroxylation sites is 1. The van der Waals surface area contributed by atoms with Gasteiger partial charge >= 0.3 is 6.03 Å². The van der Waals surface area contributed by atoms with Gasteiger partial charge in [-0.15, -0.1) is 0 Å². The van der Waals surface area contributed by atoms with Crippen molar-refractivity contribution in [3.63, 3.8) is 0 Å². The topological polar surface area (TPSA) is 124 Å². The van der Waals surface area contributed by atoms with Gasteiger partial charge in [-0.25, -0.2) is 4.79 Å². The van der Waals surface area contributed by atoms with Gasteiger partial charge in [0.2, 0.25) is 5.91 Å². The standard InChI is InChI=1S/C31H38N6O4S/c1-18-16-20(41-19-8-4-3-5-9-19)12-13-23(18)37-24-14-15-33-30-26(24)27(36-31(37)40)28(42-30)29(39)35-22-11-7-6-10-21(22)34-25(38)17-32-2/h3-5,8-9,12-13,16,21-22,24,26,30,32-33H,6-7,10-11,14-15,17H2,1-2H3,(H,34,38)(H,35,39)(H,36,40)/t21-,22+,24?,26?,30?/m0/s1. The molecule has 42 heavy (non-hydrogen) atoms. The number of nitrogens with zero attached hydrogens (tertiary/aromatic N) is 1. The maximum absolute atomic E-state index is 13.7. The van der Waals surface area contributed by atoms with Crippen molar-refractivity contribution < 1.29 is 19.1 Å². The molecule has 4 amide bonds. The summed E-state index contributed by atoms with van der Waals surface area (Å²) in [6, 6.07) is 14.8. The molecular formula is C31H38N6O4S. The normalized spacial score (nSPS) is 26.8. The Hall–Kier alpha value is -3.54. The van der Waals surface area contributed by atoms with Crippen LogP contribution in [0.15, 0.2) is 59.1 Å². The van der Waals surface area contributed by atoms with E-state index in [-0.39, 0.29) is 53.8 Å². The number of ether oxygens (including phenoxy) is 1. The molecule has 0 bridgehead atoms. The van der Waals surface area contributed by atoms with E-state index in [1.165, 1.54) is 11.8 Å². The minimum Gasteiger partial charge on any atom is -0.457 e. The van der Waals surface area contributed by atoms with E-state index >= 15 is 0 Å². The molecule has 5 atom stereocenters. The van der Waals surface area contributed by atoms with Gasteiger partial charge in [-0.1, -0.05) is 42.8 Å². The van der Waals surface area contributed by atoms with E-state index < -0.39 is 0 Å². The smallest absolute Gasteiger partial charge is 0.326 e. The number of benzene rings is 2. The number of likely N-dealkylation sites (N-methyl/N-ethyl adjacent to an activating group) is 1. The van der Waals surface area contributed by atoms with Crippen LogP contribution < -0.4 is 36.2 Å². The molecule has 11 heteroatoms. The molecule has 6 rings (SSSR count). The number of carbonyl (C=O) groups is 3. The number of nitrogens with one attached hydrogen (secondary N) is 5. The Morgan fingerprint density at radius 1 is 1.02 bits per heavy atom. The Morgan fingerprint density at radius 2 is 1.79 bits per heavy atom. The molecular weight excluding hydrogens is 552 g/mol. The van der Waals surface area contributed by atoms with Gasteiger partial charge in [-0.05, 0) is 75.7 Å². The molecule has 3 unspecified atom stereocenters. The molecule has 0 aromatic heterocycles. The van der Waals surface area contributed by atoms with Gasteiger partial charge in [0.05, 0.1) is 22.9 Å². The molecule has 222 valence electrons. The number of thioether (sulfide) groups is 1. The minimum absolute atomic E-state index is 0.0129. The zero-order chi connectivity index (χ0) is 29.2. The molecule has 1 aliphatic carbocycles. The molecule has 3 aliphatic heterocycles. The Bertz CT molecular complexity index is 1380. The molecule has 2 aromatic rings. The van der Waals surface area contributed by atoms with Crippen LogP contribution >= 0.6 is 11.8 Å². The summed E-state index contributed by atoms with van der Waals surface area (Å²) in [6.45, 7) is 2.98. The van der Waals surface area contributed by atoms with Crippen molar-refractivity contribution in [2.75, 3.05) is 25.0 Å². The number of carbonyl (C=O) groups excluding carboxylic acids is 3. The quantitative estimate of drug-likeness (QED) is 0.320.